The summed E-state index contributed by atoms with van der Waals surface area (Å²) in [6.45, 7) is 5.21. The number of amides is 1. The molecule has 2 N–H and O–H groups in total. The molecule has 126 valence electrons. The zero-order valence-electron chi connectivity index (χ0n) is 13.1. The van der Waals surface area contributed by atoms with Gasteiger partial charge in [-0.25, -0.2) is 0 Å². The molecule has 5 nitrogen and oxygen atoms in total. The molecular formula is C15H25Cl2N3O2. The van der Waals surface area contributed by atoms with Gasteiger partial charge in [0, 0.05) is 31.5 Å². The number of rotatable bonds is 5. The van der Waals surface area contributed by atoms with Crippen LogP contribution in [0.25, 0.3) is 0 Å². The van der Waals surface area contributed by atoms with Gasteiger partial charge in [-0.05, 0) is 44.5 Å². The lowest BCUT2D eigenvalue weighted by Gasteiger charge is -2.37. The van der Waals surface area contributed by atoms with Crippen LogP contribution in [0.15, 0.2) is 18.5 Å². The molecule has 0 aliphatic carbocycles. The van der Waals surface area contributed by atoms with Crippen LogP contribution in [-0.4, -0.2) is 44.2 Å². The molecule has 2 heterocycles. The van der Waals surface area contributed by atoms with Crippen LogP contribution in [0, 0.1) is 12.3 Å². The zero-order valence-corrected chi connectivity index (χ0v) is 14.7. The van der Waals surface area contributed by atoms with Crippen molar-refractivity contribution in [2.75, 3.05) is 33.4 Å². The average molecular weight is 350 g/mol. The number of nitrogens with zero attached hydrogens (tertiary/aromatic N) is 1. The Kier molecular flexibility index (Phi) is 9.60. The molecular weight excluding hydrogens is 325 g/mol. The minimum absolute atomic E-state index is 0. The van der Waals surface area contributed by atoms with Gasteiger partial charge in [0.05, 0.1) is 12.2 Å². The van der Waals surface area contributed by atoms with Crippen LogP contribution >= 0.6 is 24.8 Å². The molecule has 0 unspecified atom stereocenters. The molecule has 1 aromatic heterocycles. The molecule has 0 radical (unpaired) electrons. The van der Waals surface area contributed by atoms with Gasteiger partial charge < -0.3 is 15.4 Å². The predicted molar refractivity (Wildman–Crippen MR) is 92.2 cm³/mol. The van der Waals surface area contributed by atoms with Crippen LogP contribution in [-0.2, 0) is 4.74 Å². The third kappa shape index (κ3) is 5.39. The first kappa shape index (κ1) is 21.1. The second kappa shape index (κ2) is 10.0. The monoisotopic (exact) mass is 349 g/mol. The van der Waals surface area contributed by atoms with Crippen molar-refractivity contribution in [2.45, 2.75) is 19.8 Å². The van der Waals surface area contributed by atoms with Gasteiger partial charge in [0.2, 0.25) is 0 Å². The minimum atomic E-state index is -0.0513. The van der Waals surface area contributed by atoms with E-state index >= 15 is 0 Å². The number of carbonyl (C=O) groups excluding carboxylic acids is 1. The highest BCUT2D eigenvalue weighted by atomic mass is 35.5. The Bertz CT molecular complexity index is 460. The van der Waals surface area contributed by atoms with Crippen molar-refractivity contribution >= 4 is 30.7 Å². The standard InChI is InChI=1S/C15H23N3O2.2ClH/c1-12-3-6-17-9-13(12)14(19)18-10-15(11-20-2)4-7-16-8-5-15;;/h3,6,9,16H,4-5,7-8,10-11H2,1-2H3,(H,18,19);2*1H. The normalized spacial score (nSPS) is 16.1. The van der Waals surface area contributed by atoms with Crippen LogP contribution < -0.4 is 10.6 Å². The van der Waals surface area contributed by atoms with Crippen LogP contribution in [0.3, 0.4) is 0 Å². The number of methoxy groups -OCH3 is 1. The number of halogens is 2. The molecule has 1 amide bonds. The third-order valence-electron chi connectivity index (χ3n) is 4.02. The van der Waals surface area contributed by atoms with Crippen LogP contribution in [0.5, 0.6) is 0 Å². The fourth-order valence-electron chi connectivity index (χ4n) is 2.70. The maximum atomic E-state index is 12.2. The van der Waals surface area contributed by atoms with Gasteiger partial charge in [-0.15, -0.1) is 24.8 Å². The molecule has 7 heteroatoms. The first-order valence-corrected chi connectivity index (χ1v) is 7.05. The maximum absolute atomic E-state index is 12.2. The molecule has 1 saturated heterocycles. The van der Waals surface area contributed by atoms with Crippen LogP contribution in [0.4, 0.5) is 0 Å². The van der Waals surface area contributed by atoms with Gasteiger partial charge in [-0.3, -0.25) is 9.78 Å². The minimum Gasteiger partial charge on any atom is -0.384 e. The lowest BCUT2D eigenvalue weighted by molar-refractivity contribution is 0.0511. The number of ether oxygens (including phenoxy) is 1. The molecule has 0 atom stereocenters. The summed E-state index contributed by atoms with van der Waals surface area (Å²) in [7, 11) is 1.72. The number of hydrogen-bond acceptors (Lipinski definition) is 4. The van der Waals surface area contributed by atoms with E-state index in [0.717, 1.165) is 31.5 Å². The summed E-state index contributed by atoms with van der Waals surface area (Å²) in [4.78, 5) is 16.3. The Morgan fingerprint density at radius 3 is 2.68 bits per heavy atom. The quantitative estimate of drug-likeness (QED) is 0.853. The summed E-state index contributed by atoms with van der Waals surface area (Å²) < 4.78 is 5.35. The molecule has 1 fully saturated rings. The van der Waals surface area contributed by atoms with Crippen molar-refractivity contribution in [3.8, 4) is 0 Å². The molecule has 0 aromatic carbocycles. The topological polar surface area (TPSA) is 63.2 Å². The SMILES string of the molecule is COCC1(CNC(=O)c2cnccc2C)CCNCC1.Cl.Cl. The highest BCUT2D eigenvalue weighted by Gasteiger charge is 2.32. The lowest BCUT2D eigenvalue weighted by atomic mass is 9.79. The van der Waals surface area contributed by atoms with Crippen molar-refractivity contribution in [3.05, 3.63) is 29.6 Å². The summed E-state index contributed by atoms with van der Waals surface area (Å²) in [5.74, 6) is -0.0513. The summed E-state index contributed by atoms with van der Waals surface area (Å²) >= 11 is 0. The molecule has 1 aliphatic rings. The average Bonchev–Trinajstić information content (AvgIpc) is 2.47. The predicted octanol–water partition coefficient (Wildman–Crippen LogP) is 1.98. The highest BCUT2D eigenvalue weighted by Crippen LogP contribution is 2.28. The van der Waals surface area contributed by atoms with Gasteiger partial charge >= 0.3 is 0 Å². The number of aryl methyl sites for hydroxylation is 1. The second-order valence-corrected chi connectivity index (χ2v) is 5.56. The van der Waals surface area contributed by atoms with Crippen LogP contribution in [0.1, 0.15) is 28.8 Å². The summed E-state index contributed by atoms with van der Waals surface area (Å²) in [5, 5.41) is 6.40. The molecule has 0 saturated carbocycles. The van der Waals surface area contributed by atoms with E-state index < -0.39 is 0 Å². The maximum Gasteiger partial charge on any atom is 0.253 e. The molecule has 0 bridgehead atoms. The first-order valence-electron chi connectivity index (χ1n) is 7.05. The van der Waals surface area contributed by atoms with E-state index in [-0.39, 0.29) is 36.1 Å². The van der Waals surface area contributed by atoms with Crippen molar-refractivity contribution in [2.24, 2.45) is 5.41 Å². The Balaban J connectivity index is 0.00000220. The van der Waals surface area contributed by atoms with Crippen molar-refractivity contribution < 1.29 is 9.53 Å². The number of piperidine rings is 1. The van der Waals surface area contributed by atoms with Crippen LogP contribution in [0.2, 0.25) is 0 Å². The molecule has 0 spiro atoms. The number of pyridine rings is 1. The number of aromatic nitrogens is 1. The van der Waals surface area contributed by atoms with E-state index in [1.54, 1.807) is 19.5 Å². The van der Waals surface area contributed by atoms with E-state index in [9.17, 15) is 4.79 Å². The Hall–Kier alpha value is -0.880. The molecule has 2 rings (SSSR count). The van der Waals surface area contributed by atoms with E-state index in [1.165, 1.54) is 0 Å². The van der Waals surface area contributed by atoms with Gasteiger partial charge in [0.15, 0.2) is 0 Å². The second-order valence-electron chi connectivity index (χ2n) is 5.56. The smallest absolute Gasteiger partial charge is 0.253 e. The fraction of sp³-hybridized carbons (Fsp3) is 0.600. The summed E-state index contributed by atoms with van der Waals surface area (Å²) in [5.41, 5.74) is 1.64. The van der Waals surface area contributed by atoms with Gasteiger partial charge in [-0.1, -0.05) is 0 Å². The van der Waals surface area contributed by atoms with E-state index in [2.05, 4.69) is 15.6 Å². The van der Waals surface area contributed by atoms with E-state index in [4.69, 9.17) is 4.74 Å². The fourth-order valence-corrected chi connectivity index (χ4v) is 2.70. The summed E-state index contributed by atoms with van der Waals surface area (Å²) in [6, 6.07) is 1.85. The van der Waals surface area contributed by atoms with Gasteiger partial charge in [-0.2, -0.15) is 0 Å². The van der Waals surface area contributed by atoms with Crippen molar-refractivity contribution in [3.63, 3.8) is 0 Å². The van der Waals surface area contributed by atoms with E-state index in [1.807, 2.05) is 13.0 Å². The largest absolute Gasteiger partial charge is 0.384 e. The number of carbonyl (C=O) groups is 1. The van der Waals surface area contributed by atoms with E-state index in [0.29, 0.717) is 18.7 Å². The highest BCUT2D eigenvalue weighted by molar-refractivity contribution is 5.95. The Morgan fingerprint density at radius 2 is 2.09 bits per heavy atom. The molecule has 1 aliphatic heterocycles. The third-order valence-corrected chi connectivity index (χ3v) is 4.02. The molecule has 22 heavy (non-hydrogen) atoms. The zero-order chi connectivity index (χ0) is 14.4. The first-order chi connectivity index (χ1) is 9.67. The van der Waals surface area contributed by atoms with Gasteiger partial charge in [0.25, 0.3) is 5.91 Å². The molecule has 1 aromatic rings. The number of hydrogen-bond donors (Lipinski definition) is 2. The van der Waals surface area contributed by atoms with Crippen molar-refractivity contribution in [1.29, 1.82) is 0 Å². The van der Waals surface area contributed by atoms with Crippen molar-refractivity contribution in [1.82, 2.24) is 15.6 Å². The lowest BCUT2D eigenvalue weighted by Crippen LogP contribution is -2.47. The Labute approximate surface area is 144 Å². The summed E-state index contributed by atoms with van der Waals surface area (Å²) in [6.07, 6.45) is 5.36. The number of nitrogens with one attached hydrogen (secondary N) is 2. The Morgan fingerprint density at radius 1 is 1.41 bits per heavy atom. The van der Waals surface area contributed by atoms with Gasteiger partial charge in [0.1, 0.15) is 0 Å².